The summed E-state index contributed by atoms with van der Waals surface area (Å²) in [6.45, 7) is 3.82. The number of hydrogen-bond donors (Lipinski definition) is 2. The molecule has 10 rings (SSSR count). The number of amides is 3. The summed E-state index contributed by atoms with van der Waals surface area (Å²) in [6, 6.07) is 7.71. The van der Waals surface area contributed by atoms with Crippen molar-refractivity contribution in [2.45, 2.75) is 94.4 Å². The number of anilines is 2. The minimum atomic E-state index is -2.87. The second kappa shape index (κ2) is 16.8. The highest BCUT2D eigenvalue weighted by atomic mass is 19.3. The number of morpholine rings is 1. The smallest absolute Gasteiger partial charge is 0.284 e. The van der Waals surface area contributed by atoms with Crippen LogP contribution >= 0.6 is 0 Å². The number of carbonyl (C=O) groups is 3. The Morgan fingerprint density at radius 2 is 1.94 bits per heavy atom. The normalized spacial score (nSPS) is 25.3. The zero-order valence-corrected chi connectivity index (χ0v) is 34.4. The Kier molecular flexibility index (Phi) is 10.6. The van der Waals surface area contributed by atoms with Crippen LogP contribution in [0.4, 0.5) is 20.3 Å². The van der Waals surface area contributed by atoms with Crippen molar-refractivity contribution in [3.05, 3.63) is 65.4 Å². The quantitative estimate of drug-likeness (QED) is 0.147. The van der Waals surface area contributed by atoms with Gasteiger partial charge in [-0.05, 0) is 69.4 Å². The van der Waals surface area contributed by atoms with Crippen LogP contribution in [0.2, 0.25) is 0 Å². The molecule has 0 radical (unpaired) electrons. The largest absolute Gasteiger partial charge is 0.374 e. The van der Waals surface area contributed by atoms with Gasteiger partial charge in [-0.1, -0.05) is 24.0 Å². The Labute approximate surface area is 357 Å². The summed E-state index contributed by atoms with van der Waals surface area (Å²) in [4.78, 5) is 47.1. The van der Waals surface area contributed by atoms with Crippen LogP contribution in [0, 0.1) is 17.8 Å². The number of nitrogens with zero attached hydrogens (tertiary/aromatic N) is 9. The van der Waals surface area contributed by atoms with Crippen molar-refractivity contribution in [1.82, 2.24) is 44.4 Å². The van der Waals surface area contributed by atoms with Crippen molar-refractivity contribution in [3.63, 3.8) is 0 Å². The Bertz CT molecular complexity index is 2640. The lowest BCUT2D eigenvalue weighted by Crippen LogP contribution is -2.40. The highest BCUT2D eigenvalue weighted by Gasteiger charge is 2.40. The van der Waals surface area contributed by atoms with Gasteiger partial charge in [0.1, 0.15) is 18.0 Å². The van der Waals surface area contributed by atoms with Crippen LogP contribution in [0.1, 0.15) is 105 Å². The number of fused-ring (bicyclic) bond motifs is 4. The lowest BCUT2D eigenvalue weighted by molar-refractivity contribution is -0.134. The Morgan fingerprint density at radius 3 is 2.69 bits per heavy atom. The fraction of sp³-hybridized carbons (Fsp3) is 0.523. The van der Waals surface area contributed by atoms with E-state index in [4.69, 9.17) is 15.8 Å². The Hall–Kier alpha value is -5.77. The molecule has 18 heteroatoms. The molecule has 4 aliphatic heterocycles. The number of nitrogens with one attached hydrogen (secondary N) is 2. The molecule has 2 N–H and O–H groups in total. The van der Waals surface area contributed by atoms with Crippen LogP contribution in [-0.2, 0) is 26.1 Å². The van der Waals surface area contributed by atoms with Crippen LogP contribution in [0.5, 0.6) is 0 Å². The molecule has 1 saturated carbocycles. The first-order valence-electron chi connectivity index (χ1n) is 22.0. The molecule has 4 aromatic heterocycles. The molecule has 1 aromatic carbocycles. The van der Waals surface area contributed by atoms with Crippen LogP contribution < -0.4 is 15.5 Å². The first kappa shape index (κ1) is 39.1. The maximum absolute atomic E-state index is 14.3. The van der Waals surface area contributed by atoms with E-state index in [0.717, 1.165) is 80.6 Å². The van der Waals surface area contributed by atoms with E-state index in [-0.39, 0.29) is 54.3 Å². The van der Waals surface area contributed by atoms with Gasteiger partial charge in [-0.15, -0.1) is 0 Å². The van der Waals surface area contributed by atoms with E-state index in [1.54, 1.807) is 15.6 Å². The van der Waals surface area contributed by atoms with E-state index >= 15 is 0 Å². The molecule has 3 atom stereocenters. The number of imide groups is 1. The minimum Gasteiger partial charge on any atom is -0.374 e. The number of likely N-dealkylation sites (tertiary alicyclic amines) is 1. The number of halogens is 2. The van der Waals surface area contributed by atoms with Gasteiger partial charge in [0, 0.05) is 57.4 Å². The van der Waals surface area contributed by atoms with Gasteiger partial charge in [0.15, 0.2) is 11.3 Å². The van der Waals surface area contributed by atoms with E-state index in [0.29, 0.717) is 43.1 Å². The van der Waals surface area contributed by atoms with Crippen molar-refractivity contribution in [2.75, 3.05) is 49.6 Å². The van der Waals surface area contributed by atoms with E-state index in [1.165, 1.54) is 16.9 Å². The summed E-state index contributed by atoms with van der Waals surface area (Å²) in [5.74, 6) is 5.75. The molecule has 3 amide bonds. The average Bonchev–Trinajstić information content (AvgIpc) is 4.13. The summed E-state index contributed by atoms with van der Waals surface area (Å²) >= 11 is 0. The van der Waals surface area contributed by atoms with E-state index < -0.39 is 30.0 Å². The minimum absolute atomic E-state index is 0.0200. The molecule has 1 aliphatic carbocycles. The molecular weight excluding hydrogens is 801 g/mol. The topological polar surface area (TPSA) is 166 Å². The summed E-state index contributed by atoms with van der Waals surface area (Å²) in [5, 5.41) is 19.1. The number of piperidine rings is 2. The van der Waals surface area contributed by atoms with Crippen molar-refractivity contribution in [3.8, 4) is 11.8 Å². The monoisotopic (exact) mass is 850 g/mol. The first-order valence-corrected chi connectivity index (χ1v) is 21.5. The van der Waals surface area contributed by atoms with Gasteiger partial charge in [0.05, 0.1) is 66.8 Å². The second-order valence-corrected chi connectivity index (χ2v) is 17.1. The van der Waals surface area contributed by atoms with Crippen molar-refractivity contribution in [1.29, 1.82) is 0 Å². The second-order valence-electron chi connectivity index (χ2n) is 17.1. The molecule has 324 valence electrons. The predicted molar refractivity (Wildman–Crippen MR) is 223 cm³/mol. The zero-order chi connectivity index (χ0) is 43.4. The number of aryl methyl sites for hydroxylation is 1. The van der Waals surface area contributed by atoms with Crippen molar-refractivity contribution < 1.29 is 34.0 Å². The standard InChI is InChI=1S/C44H49F2N11O5/c1-53-40-27(4-2-6-32(40)38(51-53)33-11-12-37(58)50-43(33)59)5-3-19-61-30-13-16-54(17-14-30)22-26-7-9-28(10-8-26)57-24-35(39(52-57)41(45)46)48-44(60)34-21-47-56-18-15-36(49-42(34)56)55-23-31-20-29(55)25-62-31/h2,4,6,15,18,21,24,26,28-31,33,41H,7-14,16-17,19-20,22-23,25H2,1H3,(H,48,60)(H,50,58,59)/t26?,28?,29-,31-,33?/m0/s1/i30D. The third-order valence-corrected chi connectivity index (χ3v) is 13.2. The average molecular weight is 851 g/mol. The zero-order valence-electron chi connectivity index (χ0n) is 35.4. The van der Waals surface area contributed by atoms with Gasteiger partial charge in [-0.2, -0.15) is 15.3 Å². The molecule has 5 aromatic rings. The van der Waals surface area contributed by atoms with Gasteiger partial charge >= 0.3 is 0 Å². The van der Waals surface area contributed by atoms with Crippen LogP contribution in [0.15, 0.2) is 42.9 Å². The number of alkyl halides is 2. The van der Waals surface area contributed by atoms with E-state index in [9.17, 15) is 23.2 Å². The van der Waals surface area contributed by atoms with Gasteiger partial charge in [-0.25, -0.2) is 18.3 Å². The van der Waals surface area contributed by atoms with Crippen LogP contribution in [0.25, 0.3) is 16.6 Å². The molecule has 5 aliphatic rings. The van der Waals surface area contributed by atoms with Crippen LogP contribution in [-0.4, -0.2) is 114 Å². The van der Waals surface area contributed by atoms with Crippen LogP contribution in [0.3, 0.4) is 0 Å². The Morgan fingerprint density at radius 1 is 1.10 bits per heavy atom. The predicted octanol–water partition coefficient (Wildman–Crippen LogP) is 4.76. The SMILES string of the molecule is [2H]C1(OCC#Cc2cccc3c(C4CCC(=O)NC4=O)nn(C)c23)CCN(CC2CCC(n3cc(NC(=O)c4cnn5ccc(N6C[C@@H]7C[C@H]6CO7)nc45)c(C(F)F)n3)CC2)CC1. The molecule has 1 unspecified atom stereocenters. The van der Waals surface area contributed by atoms with Gasteiger partial charge in [0.25, 0.3) is 12.3 Å². The summed E-state index contributed by atoms with van der Waals surface area (Å²) in [7, 11) is 1.81. The molecule has 4 saturated heterocycles. The summed E-state index contributed by atoms with van der Waals surface area (Å²) in [5.41, 5.74) is 2.23. The highest BCUT2D eigenvalue weighted by molar-refractivity contribution is 6.08. The number of benzene rings is 1. The Balaban J connectivity index is 0.705. The fourth-order valence-corrected chi connectivity index (χ4v) is 9.93. The number of hydrogen-bond acceptors (Lipinski definition) is 11. The van der Waals surface area contributed by atoms with Gasteiger partial charge in [-0.3, -0.25) is 29.1 Å². The number of ether oxygens (including phenoxy) is 2. The maximum atomic E-state index is 14.3. The molecule has 5 fully saturated rings. The number of rotatable bonds is 10. The molecule has 62 heavy (non-hydrogen) atoms. The van der Waals surface area contributed by atoms with Gasteiger partial charge in [0.2, 0.25) is 11.8 Å². The van der Waals surface area contributed by atoms with Crippen molar-refractivity contribution >= 4 is 45.8 Å². The molecule has 8 heterocycles. The van der Waals surface area contributed by atoms with E-state index in [2.05, 4.69) is 47.6 Å². The molecule has 0 spiro atoms. The summed E-state index contributed by atoms with van der Waals surface area (Å²) in [6.07, 6.45) is 7.03. The number of para-hydroxylation sites is 1. The first-order chi connectivity index (χ1) is 30.5. The van der Waals surface area contributed by atoms with E-state index in [1.807, 2.05) is 31.3 Å². The third kappa shape index (κ3) is 7.93. The lowest BCUT2D eigenvalue weighted by Gasteiger charge is -2.36. The maximum Gasteiger partial charge on any atom is 0.284 e. The van der Waals surface area contributed by atoms with Gasteiger partial charge < -0.3 is 24.6 Å². The van der Waals surface area contributed by atoms with Crippen molar-refractivity contribution in [2.24, 2.45) is 13.0 Å². The lowest BCUT2D eigenvalue weighted by atomic mass is 9.85. The molecule has 2 bridgehead atoms. The third-order valence-electron chi connectivity index (χ3n) is 13.2. The molecular formula is C44H49F2N11O5. The highest BCUT2D eigenvalue weighted by Crippen LogP contribution is 2.37. The summed E-state index contributed by atoms with van der Waals surface area (Å²) < 4.78 is 54.2. The number of aromatic nitrogens is 7. The molecule has 16 nitrogen and oxygen atoms in total. The number of carbonyl (C=O) groups excluding carboxylic acids is 3. The fourth-order valence-electron chi connectivity index (χ4n) is 9.93.